The van der Waals surface area contributed by atoms with E-state index in [4.69, 9.17) is 14.6 Å². The quantitative estimate of drug-likeness (QED) is 0.549. The van der Waals surface area contributed by atoms with Gasteiger partial charge in [-0.1, -0.05) is 19.1 Å². The number of rotatable bonds is 7. The Hall–Kier alpha value is -2.81. The minimum absolute atomic E-state index is 0.0121. The van der Waals surface area contributed by atoms with Crippen LogP contribution in [0.3, 0.4) is 0 Å². The number of likely N-dealkylation sites (tertiary alicyclic amines) is 1. The van der Waals surface area contributed by atoms with Crippen LogP contribution >= 0.6 is 0 Å². The van der Waals surface area contributed by atoms with Crippen LogP contribution in [0.1, 0.15) is 38.2 Å². The molecule has 0 spiro atoms. The maximum Gasteiger partial charge on any atom is 0.247 e. The molecule has 1 saturated heterocycles. The number of nitrogens with zero attached hydrogens (tertiary/aromatic N) is 3. The molecule has 2 atom stereocenters. The number of carbonyl (C=O) groups is 1. The first-order valence-corrected chi connectivity index (χ1v) is 13.5. The SMILES string of the molecule is CCS(=O)(=O)C=CN1CCC(N2N=C(c3ccc(OC)c(OC)c3)[C@H]3CC=CC[C@H]3C2=O)CC1. The van der Waals surface area contributed by atoms with E-state index in [2.05, 4.69) is 12.2 Å². The summed E-state index contributed by atoms with van der Waals surface area (Å²) in [5.41, 5.74) is 1.84. The molecule has 1 fully saturated rings. The van der Waals surface area contributed by atoms with Crippen molar-refractivity contribution in [2.75, 3.05) is 33.1 Å². The van der Waals surface area contributed by atoms with Gasteiger partial charge in [0.2, 0.25) is 5.91 Å². The Balaban J connectivity index is 1.59. The lowest BCUT2D eigenvalue weighted by Crippen LogP contribution is -2.51. The van der Waals surface area contributed by atoms with Gasteiger partial charge in [-0.25, -0.2) is 13.4 Å². The molecule has 3 aliphatic rings. The molecule has 34 heavy (non-hydrogen) atoms. The highest BCUT2D eigenvalue weighted by atomic mass is 32.2. The van der Waals surface area contributed by atoms with E-state index >= 15 is 0 Å². The average molecular weight is 488 g/mol. The van der Waals surface area contributed by atoms with Crippen molar-refractivity contribution in [1.29, 1.82) is 0 Å². The van der Waals surface area contributed by atoms with Gasteiger partial charge in [0.25, 0.3) is 0 Å². The average Bonchev–Trinajstić information content (AvgIpc) is 2.88. The number of piperidine rings is 1. The van der Waals surface area contributed by atoms with Crippen LogP contribution in [0.15, 0.2) is 47.1 Å². The Morgan fingerprint density at radius 3 is 2.38 bits per heavy atom. The molecule has 9 heteroatoms. The minimum atomic E-state index is -3.16. The fourth-order valence-electron chi connectivity index (χ4n) is 4.88. The highest BCUT2D eigenvalue weighted by molar-refractivity contribution is 7.94. The van der Waals surface area contributed by atoms with E-state index in [-0.39, 0.29) is 29.5 Å². The number of hydrogen-bond donors (Lipinski definition) is 0. The van der Waals surface area contributed by atoms with Gasteiger partial charge in [0.1, 0.15) is 0 Å². The smallest absolute Gasteiger partial charge is 0.247 e. The van der Waals surface area contributed by atoms with Crippen molar-refractivity contribution < 1.29 is 22.7 Å². The van der Waals surface area contributed by atoms with E-state index in [1.165, 1.54) is 5.41 Å². The molecular formula is C25H33N3O5S. The molecule has 0 N–H and O–H groups in total. The highest BCUT2D eigenvalue weighted by Crippen LogP contribution is 2.38. The van der Waals surface area contributed by atoms with E-state index < -0.39 is 9.84 Å². The lowest BCUT2D eigenvalue weighted by Gasteiger charge is -2.42. The second kappa shape index (κ2) is 10.2. The van der Waals surface area contributed by atoms with E-state index in [1.54, 1.807) is 32.4 Å². The second-order valence-electron chi connectivity index (χ2n) is 8.90. The number of hydrazone groups is 1. The van der Waals surface area contributed by atoms with Gasteiger partial charge in [-0.2, -0.15) is 5.10 Å². The van der Waals surface area contributed by atoms with Crippen LogP contribution in [-0.2, 0) is 14.6 Å². The molecule has 2 heterocycles. The van der Waals surface area contributed by atoms with Crippen molar-refractivity contribution in [1.82, 2.24) is 9.91 Å². The topological polar surface area (TPSA) is 88.5 Å². The van der Waals surface area contributed by atoms with Crippen LogP contribution in [0.5, 0.6) is 11.5 Å². The molecular weight excluding hydrogens is 454 g/mol. The summed E-state index contributed by atoms with van der Waals surface area (Å²) in [4.78, 5) is 15.5. The summed E-state index contributed by atoms with van der Waals surface area (Å²) in [5.74, 6) is 1.37. The van der Waals surface area contributed by atoms with Crippen molar-refractivity contribution in [3.63, 3.8) is 0 Å². The highest BCUT2D eigenvalue weighted by Gasteiger charge is 2.42. The number of hydrogen-bond acceptors (Lipinski definition) is 7. The molecule has 1 aliphatic carbocycles. The van der Waals surface area contributed by atoms with E-state index in [1.807, 2.05) is 23.1 Å². The second-order valence-corrected chi connectivity index (χ2v) is 11.1. The molecule has 184 valence electrons. The Morgan fingerprint density at radius 1 is 1.06 bits per heavy atom. The molecule has 0 radical (unpaired) electrons. The number of allylic oxidation sites excluding steroid dienone is 2. The first-order chi connectivity index (χ1) is 16.4. The zero-order valence-electron chi connectivity index (χ0n) is 20.0. The molecule has 1 amide bonds. The maximum absolute atomic E-state index is 13.5. The van der Waals surface area contributed by atoms with Crippen molar-refractivity contribution in [3.05, 3.63) is 47.5 Å². The maximum atomic E-state index is 13.5. The zero-order chi connectivity index (χ0) is 24.3. The first-order valence-electron chi connectivity index (χ1n) is 11.8. The fraction of sp³-hybridized carbons (Fsp3) is 0.520. The van der Waals surface area contributed by atoms with Gasteiger partial charge >= 0.3 is 0 Å². The molecule has 2 aliphatic heterocycles. The third-order valence-electron chi connectivity index (χ3n) is 6.95. The van der Waals surface area contributed by atoms with Crippen LogP contribution in [0, 0.1) is 11.8 Å². The van der Waals surface area contributed by atoms with Crippen LogP contribution in [0.25, 0.3) is 0 Å². The van der Waals surface area contributed by atoms with Crippen LogP contribution < -0.4 is 9.47 Å². The fourth-order valence-corrected chi connectivity index (χ4v) is 5.43. The molecule has 4 rings (SSSR count). The first kappa shape index (κ1) is 24.3. The summed E-state index contributed by atoms with van der Waals surface area (Å²) in [7, 11) is 0.0618. The standard InChI is InChI=1S/C25H33N3O5S/c1-4-34(30,31)16-15-27-13-11-19(12-14-27)28-25(29)21-8-6-5-7-20(21)24(26-28)18-9-10-22(32-2)23(17-18)33-3/h5-6,9-10,15-17,19-21H,4,7-8,11-14H2,1-3H3/t20-,21+/m0/s1. The van der Waals surface area contributed by atoms with E-state index in [0.29, 0.717) is 31.0 Å². The molecule has 0 bridgehead atoms. The predicted octanol–water partition coefficient (Wildman–Crippen LogP) is 3.20. The summed E-state index contributed by atoms with van der Waals surface area (Å²) in [6.07, 6.45) is 8.85. The Labute approximate surface area is 201 Å². The third-order valence-corrected chi connectivity index (χ3v) is 8.29. The number of amides is 1. The van der Waals surface area contributed by atoms with E-state index in [9.17, 15) is 13.2 Å². The number of carbonyl (C=O) groups excluding carboxylic acids is 1. The summed E-state index contributed by atoms with van der Waals surface area (Å²) >= 11 is 0. The number of benzene rings is 1. The number of ether oxygens (including phenoxy) is 2. The summed E-state index contributed by atoms with van der Waals surface area (Å²) in [6, 6.07) is 5.77. The third kappa shape index (κ3) is 4.99. The lowest BCUT2D eigenvalue weighted by molar-refractivity contribution is -0.141. The van der Waals surface area contributed by atoms with Gasteiger partial charge < -0.3 is 14.4 Å². The van der Waals surface area contributed by atoms with Gasteiger partial charge in [-0.05, 0) is 43.9 Å². The Bertz CT molecular complexity index is 1100. The predicted molar refractivity (Wildman–Crippen MR) is 131 cm³/mol. The summed E-state index contributed by atoms with van der Waals surface area (Å²) < 4.78 is 34.5. The molecule has 1 aromatic carbocycles. The van der Waals surface area contributed by atoms with Crippen molar-refractivity contribution in [3.8, 4) is 11.5 Å². The van der Waals surface area contributed by atoms with Crippen LogP contribution in [0.2, 0.25) is 0 Å². The number of sulfone groups is 1. The van der Waals surface area contributed by atoms with E-state index in [0.717, 1.165) is 30.5 Å². The van der Waals surface area contributed by atoms with Crippen LogP contribution in [-0.4, -0.2) is 69.0 Å². The van der Waals surface area contributed by atoms with Gasteiger partial charge in [-0.3, -0.25) is 4.79 Å². The Morgan fingerprint density at radius 2 is 1.74 bits per heavy atom. The van der Waals surface area contributed by atoms with Gasteiger partial charge in [0.15, 0.2) is 21.3 Å². The summed E-state index contributed by atoms with van der Waals surface area (Å²) in [6.45, 7) is 2.99. The zero-order valence-corrected chi connectivity index (χ0v) is 20.8. The Kier molecular flexibility index (Phi) is 7.30. The van der Waals surface area contributed by atoms with Gasteiger partial charge in [0.05, 0.1) is 37.6 Å². The van der Waals surface area contributed by atoms with Gasteiger partial charge in [-0.15, -0.1) is 0 Å². The van der Waals surface area contributed by atoms with Gasteiger partial charge in [0, 0.05) is 36.2 Å². The molecule has 8 nitrogen and oxygen atoms in total. The molecule has 0 saturated carbocycles. The minimum Gasteiger partial charge on any atom is -0.493 e. The number of methoxy groups -OCH3 is 2. The normalized spacial score (nSPS) is 23.7. The molecule has 0 unspecified atom stereocenters. The van der Waals surface area contributed by atoms with Crippen molar-refractivity contribution in [2.24, 2.45) is 16.9 Å². The van der Waals surface area contributed by atoms with Crippen LogP contribution in [0.4, 0.5) is 0 Å². The lowest BCUT2D eigenvalue weighted by atomic mass is 9.76. The largest absolute Gasteiger partial charge is 0.493 e. The van der Waals surface area contributed by atoms with Crippen molar-refractivity contribution >= 4 is 21.5 Å². The molecule has 1 aromatic rings. The summed E-state index contributed by atoms with van der Waals surface area (Å²) in [5, 5.41) is 7.92. The number of fused-ring (bicyclic) bond motifs is 1. The molecule has 0 aromatic heterocycles. The monoisotopic (exact) mass is 487 g/mol. The van der Waals surface area contributed by atoms with Crippen molar-refractivity contribution in [2.45, 2.75) is 38.6 Å².